The van der Waals surface area contributed by atoms with E-state index in [9.17, 15) is 8.42 Å². The highest BCUT2D eigenvalue weighted by Crippen LogP contribution is 2.42. The van der Waals surface area contributed by atoms with Gasteiger partial charge in [-0.25, -0.2) is 13.6 Å². The summed E-state index contributed by atoms with van der Waals surface area (Å²) in [6.07, 6.45) is 17.9. The fraction of sp³-hybridized carbons (Fsp3) is 0.202. The normalized spacial score (nSPS) is 11.4. The maximum Gasteiger partial charge on any atom is 0.262 e. The average Bonchev–Trinajstić information content (AvgIpc) is 1.46. The molecule has 18 aromatic rings. The summed E-state index contributed by atoms with van der Waals surface area (Å²) in [5, 5.41) is 29.1. The van der Waals surface area contributed by atoms with Gasteiger partial charge >= 0.3 is 0 Å². The van der Waals surface area contributed by atoms with Crippen LogP contribution in [0, 0.1) is 5.92 Å². The highest BCUT2D eigenvalue weighted by atomic mass is 32.2. The molecule has 11 aromatic heterocycles. The van der Waals surface area contributed by atoms with Gasteiger partial charge in [0.15, 0.2) is 23.0 Å². The van der Waals surface area contributed by atoms with Crippen LogP contribution in [0.3, 0.4) is 0 Å². The number of methoxy groups -OCH3 is 4. The highest BCUT2D eigenvalue weighted by molar-refractivity contribution is 7.89. The number of aromatic nitrogens is 17. The van der Waals surface area contributed by atoms with Gasteiger partial charge in [-0.05, 0) is 222 Å². The van der Waals surface area contributed by atoms with Gasteiger partial charge in [-0.2, -0.15) is 29.9 Å². The van der Waals surface area contributed by atoms with E-state index in [0.29, 0.717) is 124 Å². The van der Waals surface area contributed by atoms with Crippen molar-refractivity contribution in [2.45, 2.75) is 84.5 Å². The Bertz CT molecular complexity index is 6870. The van der Waals surface area contributed by atoms with E-state index >= 15 is 0 Å². The van der Waals surface area contributed by atoms with Crippen LogP contribution < -0.4 is 43.0 Å². The van der Waals surface area contributed by atoms with Crippen molar-refractivity contribution in [3.63, 3.8) is 0 Å². The number of nitrogens with two attached hydrogens (primary N) is 1. The van der Waals surface area contributed by atoms with Crippen molar-refractivity contribution in [3.05, 3.63) is 279 Å². The SMILES string of the molecule is CC(C)(C)c1cc(-c2nc(-c3ccc(S(N)(=O)=O)cc3)no2)cc(C(C)(C)C)c1.CC(C)COc1ccc(-c2nc(-c3ccncc3)no2)cc1.CCCOc1ccc(-c2nc(-c3ccncc3)no2)cc1.COc1cc(OC)c(-c2nc(-c3ccncc3)no2)cc1OC.COc1ccc(-c2nc(-c3ccncc3)no2)cc1.c1cc(-c2noc(-c3ccc4c(c3)OCO4)n2)ccn1. The van der Waals surface area contributed by atoms with Crippen LogP contribution in [0.4, 0.5) is 0 Å². The zero-order chi connectivity index (χ0) is 94.1. The largest absolute Gasteiger partial charge is 0.497 e. The van der Waals surface area contributed by atoms with E-state index in [1.165, 1.54) is 23.3 Å². The molecular formula is C99H94N18O16S. The lowest BCUT2D eigenvalue weighted by Crippen LogP contribution is -2.16. The Morgan fingerprint density at radius 3 is 1.01 bits per heavy atom. The first-order valence-corrected chi connectivity index (χ1v) is 43.6. The summed E-state index contributed by atoms with van der Waals surface area (Å²) < 4.78 is 97.8. The van der Waals surface area contributed by atoms with Crippen LogP contribution in [0.25, 0.3) is 137 Å². The minimum atomic E-state index is -3.74. The molecule has 0 saturated carbocycles. The maximum absolute atomic E-state index is 11.4. The molecule has 0 spiro atoms. The summed E-state index contributed by atoms with van der Waals surface area (Å²) in [6, 6.07) is 62.5. The summed E-state index contributed by atoms with van der Waals surface area (Å²) in [6.45, 7) is 21.0. The fourth-order valence-electron chi connectivity index (χ4n) is 12.5. The molecule has 12 heterocycles. The molecule has 0 radical (unpaired) electrons. The van der Waals surface area contributed by atoms with E-state index < -0.39 is 10.0 Å². The first-order chi connectivity index (χ1) is 64.9. The quantitative estimate of drug-likeness (QED) is 0.0621. The van der Waals surface area contributed by atoms with Gasteiger partial charge in [0.25, 0.3) is 35.3 Å². The minimum Gasteiger partial charge on any atom is -0.497 e. The number of rotatable bonds is 23. The van der Waals surface area contributed by atoms with Crippen LogP contribution in [0.15, 0.2) is 300 Å². The zero-order valence-corrected chi connectivity index (χ0v) is 76.2. The number of primary sulfonamides is 1. The Hall–Kier alpha value is -16.6. The van der Waals surface area contributed by atoms with E-state index in [1.807, 2.05) is 140 Å². The number of hydrogen-bond acceptors (Lipinski definition) is 33. The van der Waals surface area contributed by atoms with E-state index in [1.54, 1.807) is 127 Å². The number of hydrogen-bond donors (Lipinski definition) is 1. The Kier molecular flexibility index (Phi) is 30.5. The number of fused-ring (bicyclic) bond motifs is 1. The molecule has 0 atom stereocenters. The fourth-order valence-corrected chi connectivity index (χ4v) is 13.0. The van der Waals surface area contributed by atoms with Crippen LogP contribution in [0.1, 0.15) is 79.9 Å². The molecule has 0 fully saturated rings. The van der Waals surface area contributed by atoms with Crippen LogP contribution >= 0.6 is 0 Å². The van der Waals surface area contributed by atoms with Crippen molar-refractivity contribution in [3.8, 4) is 183 Å². The number of ether oxygens (including phenoxy) is 8. The minimum absolute atomic E-state index is 0.0254. The van der Waals surface area contributed by atoms with Crippen LogP contribution in [0.5, 0.6) is 46.0 Å². The molecule has 1 aliphatic heterocycles. The molecule has 1 aliphatic rings. The Balaban J connectivity index is 0.000000130. The molecule has 7 aromatic carbocycles. The highest BCUT2D eigenvalue weighted by Gasteiger charge is 2.26. The Morgan fingerprint density at radius 1 is 0.336 bits per heavy atom. The summed E-state index contributed by atoms with van der Waals surface area (Å²) >= 11 is 0. The molecule has 34 nitrogen and oxygen atoms in total. The number of pyridine rings is 5. The number of sulfonamides is 1. The second kappa shape index (κ2) is 43.7. The predicted molar refractivity (Wildman–Crippen MR) is 497 cm³/mol. The van der Waals surface area contributed by atoms with Crippen LogP contribution in [0.2, 0.25) is 0 Å². The monoisotopic (exact) mass is 1820 g/mol. The van der Waals surface area contributed by atoms with Crippen molar-refractivity contribution in [1.82, 2.24) is 85.8 Å². The van der Waals surface area contributed by atoms with Gasteiger partial charge in [0.1, 0.15) is 23.0 Å². The summed E-state index contributed by atoms with van der Waals surface area (Å²) in [5.74, 6) is 11.7. The first-order valence-electron chi connectivity index (χ1n) is 42.0. The molecule has 682 valence electrons. The molecule has 35 heteroatoms. The molecule has 0 bridgehead atoms. The predicted octanol–water partition coefficient (Wildman–Crippen LogP) is 20.2. The topological polar surface area (TPSA) is 432 Å². The van der Waals surface area contributed by atoms with Gasteiger partial charge in [0.05, 0.1) is 52.1 Å². The van der Waals surface area contributed by atoms with Crippen LogP contribution in [-0.4, -0.2) is 143 Å². The maximum atomic E-state index is 11.4. The molecule has 2 N–H and O–H groups in total. The van der Waals surface area contributed by atoms with Crippen molar-refractivity contribution in [2.75, 3.05) is 48.4 Å². The molecule has 0 amide bonds. The van der Waals surface area contributed by atoms with Gasteiger partial charge in [-0.15, -0.1) is 0 Å². The van der Waals surface area contributed by atoms with Gasteiger partial charge in [0.2, 0.25) is 51.8 Å². The average molecular weight is 1820 g/mol. The lowest BCUT2D eigenvalue weighted by atomic mass is 9.79. The van der Waals surface area contributed by atoms with E-state index in [4.69, 9.17) is 70.2 Å². The molecule has 19 rings (SSSR count). The van der Waals surface area contributed by atoms with Gasteiger partial charge in [0, 0.05) is 135 Å². The van der Waals surface area contributed by atoms with Gasteiger partial charge < -0.3 is 65.0 Å². The standard InChI is InChI=1S/C22H27N3O3S.C17H17N3O2.C16H15N3O4.C16H15N3O2.C14H9N3O3.C14H11N3O2/c1-21(2,3)16-11-15(12-17(13-16)22(4,5)6)20-24-19(25-28-20)14-7-9-18(10-8-14)29(23,26)27;1-12(2)11-21-15-5-3-14(4-6-15)17-19-16(20-22-17)13-7-9-18-10-8-13;1-20-12-9-14(22-3)13(21-2)8-11(12)16-18-15(19-23-16)10-4-6-17-7-5-10;1-2-11-20-14-5-3-13(4-6-14)16-18-15(19-21-16)12-7-9-17-10-8-12;1-2-11-12(19-8-18-11)7-10(1)14-16-13(17-20-14)9-3-5-15-6-4-9;1-18-12-4-2-11(3-5-12)14-16-13(17-19-14)10-6-8-15-9-7-10/h7-13H,1-6H3,(H2,23,26,27);3-10,12H,11H2,1-2H3;4-9H,1-3H3;3-10H,2,11H2,1H3;1-7H,8H2;2-9H,1H3. The summed E-state index contributed by atoms with van der Waals surface area (Å²) in [4.78, 5) is 46.3. The van der Waals surface area contributed by atoms with Gasteiger partial charge in [-0.3, -0.25) is 24.9 Å². The summed E-state index contributed by atoms with van der Waals surface area (Å²) in [5.41, 5.74) is 12.1. The van der Waals surface area contributed by atoms with Gasteiger partial charge in [-0.1, -0.05) is 99.3 Å². The molecule has 0 unspecified atom stereocenters. The van der Waals surface area contributed by atoms with Crippen molar-refractivity contribution < 1.29 is 73.5 Å². The van der Waals surface area contributed by atoms with Crippen molar-refractivity contribution >= 4 is 10.0 Å². The molecule has 134 heavy (non-hydrogen) atoms. The van der Waals surface area contributed by atoms with E-state index in [-0.39, 0.29) is 22.5 Å². The molecule has 0 saturated heterocycles. The number of benzene rings is 7. The number of nitrogens with zero attached hydrogens (tertiary/aromatic N) is 17. The molecular weight excluding hydrogens is 1730 g/mol. The van der Waals surface area contributed by atoms with Crippen molar-refractivity contribution in [1.29, 1.82) is 0 Å². The zero-order valence-electron chi connectivity index (χ0n) is 75.4. The first kappa shape index (κ1) is 93.6. The third-order valence-corrected chi connectivity index (χ3v) is 20.7. The van der Waals surface area contributed by atoms with Crippen LogP contribution in [-0.2, 0) is 20.9 Å². The second-order valence-corrected chi connectivity index (χ2v) is 33.5. The smallest absolute Gasteiger partial charge is 0.262 e. The third kappa shape index (κ3) is 24.7. The van der Waals surface area contributed by atoms with Crippen molar-refractivity contribution in [2.24, 2.45) is 11.1 Å². The van der Waals surface area contributed by atoms with E-state index in [2.05, 4.69) is 166 Å². The van der Waals surface area contributed by atoms with E-state index in [0.717, 1.165) is 85.1 Å². The lowest BCUT2D eigenvalue weighted by Gasteiger charge is -2.25. The Labute approximate surface area is 771 Å². The summed E-state index contributed by atoms with van der Waals surface area (Å²) in [7, 11) is 2.57. The second-order valence-electron chi connectivity index (χ2n) is 31.9. The third-order valence-electron chi connectivity index (χ3n) is 19.8. The lowest BCUT2D eigenvalue weighted by molar-refractivity contribution is 0.174. The Morgan fingerprint density at radius 2 is 0.657 bits per heavy atom. The molecule has 0 aliphatic carbocycles.